The van der Waals surface area contributed by atoms with Gasteiger partial charge in [-0.1, -0.05) is 30.3 Å². The maximum absolute atomic E-state index is 12.9. The number of esters is 1. The van der Waals surface area contributed by atoms with Crippen molar-refractivity contribution in [3.8, 4) is 17.2 Å². The van der Waals surface area contributed by atoms with Crippen LogP contribution in [0.1, 0.15) is 28.9 Å². The van der Waals surface area contributed by atoms with E-state index in [2.05, 4.69) is 5.32 Å². The lowest BCUT2D eigenvalue weighted by atomic mass is 10.0. The monoisotopic (exact) mass is 403 g/mol. The van der Waals surface area contributed by atoms with Crippen molar-refractivity contribution in [2.75, 3.05) is 27.9 Å². The SMILES string of the molecule is CCOC(=O)C(NC(=O)c1cc(OC)c(OC)c(OC)c1)C(O)c1ccccc1. The van der Waals surface area contributed by atoms with Gasteiger partial charge in [-0.25, -0.2) is 4.79 Å². The first kappa shape index (κ1) is 22.0. The Labute approximate surface area is 169 Å². The van der Waals surface area contributed by atoms with Crippen molar-refractivity contribution in [3.05, 3.63) is 53.6 Å². The van der Waals surface area contributed by atoms with E-state index in [-0.39, 0.29) is 23.7 Å². The van der Waals surface area contributed by atoms with Gasteiger partial charge < -0.3 is 29.4 Å². The summed E-state index contributed by atoms with van der Waals surface area (Å²) in [7, 11) is 4.31. The number of carbonyl (C=O) groups is 2. The van der Waals surface area contributed by atoms with Gasteiger partial charge >= 0.3 is 5.97 Å². The second kappa shape index (κ2) is 10.3. The maximum atomic E-state index is 12.9. The van der Waals surface area contributed by atoms with Crippen molar-refractivity contribution >= 4 is 11.9 Å². The Morgan fingerprint density at radius 2 is 1.59 bits per heavy atom. The number of benzene rings is 2. The third kappa shape index (κ3) is 5.17. The molecule has 0 spiro atoms. The van der Waals surface area contributed by atoms with Crippen molar-refractivity contribution in [3.63, 3.8) is 0 Å². The fourth-order valence-corrected chi connectivity index (χ4v) is 2.78. The standard InChI is InChI=1S/C21H25NO7/c1-5-29-21(25)17(18(23)13-9-7-6-8-10-13)22-20(24)14-11-15(26-2)19(28-4)16(12-14)27-3/h6-12,17-18,23H,5H2,1-4H3,(H,22,24). The second-order valence-corrected chi connectivity index (χ2v) is 5.97. The first-order chi connectivity index (χ1) is 14.0. The zero-order chi connectivity index (χ0) is 21.4. The van der Waals surface area contributed by atoms with Gasteiger partial charge in [0, 0.05) is 5.56 Å². The van der Waals surface area contributed by atoms with E-state index in [0.29, 0.717) is 11.3 Å². The maximum Gasteiger partial charge on any atom is 0.331 e. The molecule has 0 aromatic heterocycles. The van der Waals surface area contributed by atoms with Gasteiger partial charge in [0.25, 0.3) is 5.91 Å². The zero-order valence-electron chi connectivity index (χ0n) is 16.8. The Kier molecular flexibility index (Phi) is 7.85. The van der Waals surface area contributed by atoms with Crippen LogP contribution in [0.25, 0.3) is 0 Å². The highest BCUT2D eigenvalue weighted by molar-refractivity contribution is 5.98. The van der Waals surface area contributed by atoms with Crippen molar-refractivity contribution in [1.82, 2.24) is 5.32 Å². The van der Waals surface area contributed by atoms with Gasteiger partial charge in [0.2, 0.25) is 5.75 Å². The number of ether oxygens (including phenoxy) is 4. The Hall–Kier alpha value is -3.26. The molecule has 0 aliphatic rings. The van der Waals surface area contributed by atoms with Crippen LogP contribution in [0.15, 0.2) is 42.5 Å². The molecule has 0 aliphatic carbocycles. The summed E-state index contributed by atoms with van der Waals surface area (Å²) in [5, 5.41) is 13.2. The number of aliphatic hydroxyl groups is 1. The average molecular weight is 403 g/mol. The lowest BCUT2D eigenvalue weighted by Gasteiger charge is -2.23. The Bertz CT molecular complexity index is 813. The minimum absolute atomic E-state index is 0.108. The van der Waals surface area contributed by atoms with Gasteiger partial charge in [-0.2, -0.15) is 0 Å². The summed E-state index contributed by atoms with van der Waals surface area (Å²) in [5.74, 6) is -0.457. The van der Waals surface area contributed by atoms with E-state index in [9.17, 15) is 14.7 Å². The lowest BCUT2D eigenvalue weighted by Crippen LogP contribution is -2.46. The average Bonchev–Trinajstić information content (AvgIpc) is 2.76. The van der Waals surface area contributed by atoms with Crippen LogP contribution in [-0.2, 0) is 9.53 Å². The van der Waals surface area contributed by atoms with E-state index in [1.54, 1.807) is 37.3 Å². The number of methoxy groups -OCH3 is 3. The van der Waals surface area contributed by atoms with Crippen molar-refractivity contribution < 1.29 is 33.6 Å². The van der Waals surface area contributed by atoms with Gasteiger partial charge in [-0.15, -0.1) is 0 Å². The number of rotatable bonds is 9. The van der Waals surface area contributed by atoms with Crippen molar-refractivity contribution in [1.29, 1.82) is 0 Å². The molecule has 2 unspecified atom stereocenters. The molecule has 2 atom stereocenters. The van der Waals surface area contributed by atoms with Crippen LogP contribution in [0.5, 0.6) is 17.2 Å². The van der Waals surface area contributed by atoms with Crippen LogP contribution >= 0.6 is 0 Å². The smallest absolute Gasteiger partial charge is 0.331 e. The van der Waals surface area contributed by atoms with Gasteiger partial charge in [0.15, 0.2) is 17.5 Å². The number of aliphatic hydroxyl groups excluding tert-OH is 1. The fourth-order valence-electron chi connectivity index (χ4n) is 2.78. The number of carbonyl (C=O) groups excluding carboxylic acids is 2. The van der Waals surface area contributed by atoms with Gasteiger partial charge in [0.05, 0.1) is 27.9 Å². The summed E-state index contributed by atoms with van der Waals surface area (Å²) in [6, 6.07) is 10.1. The summed E-state index contributed by atoms with van der Waals surface area (Å²) in [6.45, 7) is 1.75. The van der Waals surface area contributed by atoms with E-state index in [0.717, 1.165) is 0 Å². The third-order valence-corrected chi connectivity index (χ3v) is 4.21. The van der Waals surface area contributed by atoms with Crippen molar-refractivity contribution in [2.24, 2.45) is 0 Å². The molecule has 0 radical (unpaired) electrons. The lowest BCUT2D eigenvalue weighted by molar-refractivity contribution is -0.148. The highest BCUT2D eigenvalue weighted by atomic mass is 16.5. The van der Waals surface area contributed by atoms with E-state index in [1.807, 2.05) is 0 Å². The van der Waals surface area contributed by atoms with Gasteiger partial charge in [-0.3, -0.25) is 4.79 Å². The summed E-state index contributed by atoms with van der Waals surface area (Å²) in [6.07, 6.45) is -1.29. The molecule has 8 nitrogen and oxygen atoms in total. The molecule has 0 fully saturated rings. The Morgan fingerprint density at radius 3 is 2.07 bits per heavy atom. The molecule has 0 heterocycles. The number of amides is 1. The summed E-state index contributed by atoms with van der Waals surface area (Å²) >= 11 is 0. The predicted octanol–water partition coefficient (Wildman–Crippen LogP) is 2.11. The van der Waals surface area contributed by atoms with Crippen LogP contribution < -0.4 is 19.5 Å². The molecule has 0 aliphatic heterocycles. The van der Waals surface area contributed by atoms with Crippen LogP contribution in [-0.4, -0.2) is 51.0 Å². The molecule has 2 rings (SSSR count). The molecule has 29 heavy (non-hydrogen) atoms. The molecule has 0 bridgehead atoms. The molecule has 2 aromatic rings. The Balaban J connectivity index is 2.35. The number of hydrogen-bond acceptors (Lipinski definition) is 7. The van der Waals surface area contributed by atoms with Gasteiger partial charge in [-0.05, 0) is 24.6 Å². The predicted molar refractivity (Wildman–Crippen MR) is 105 cm³/mol. The molecule has 0 saturated heterocycles. The summed E-state index contributed by atoms with van der Waals surface area (Å²) in [5.41, 5.74) is 0.629. The first-order valence-corrected chi connectivity index (χ1v) is 8.97. The summed E-state index contributed by atoms with van der Waals surface area (Å²) < 4.78 is 20.8. The van der Waals surface area contributed by atoms with Crippen LogP contribution in [0.3, 0.4) is 0 Å². The van der Waals surface area contributed by atoms with Crippen molar-refractivity contribution in [2.45, 2.75) is 19.1 Å². The quantitative estimate of drug-likeness (QED) is 0.618. The van der Waals surface area contributed by atoms with E-state index in [1.165, 1.54) is 33.5 Å². The normalized spacial score (nSPS) is 12.4. The molecule has 1 amide bonds. The van der Waals surface area contributed by atoms with Crippen LogP contribution in [0.2, 0.25) is 0 Å². The molecule has 2 aromatic carbocycles. The third-order valence-electron chi connectivity index (χ3n) is 4.21. The minimum atomic E-state index is -1.30. The van der Waals surface area contributed by atoms with E-state index < -0.39 is 24.0 Å². The zero-order valence-corrected chi connectivity index (χ0v) is 16.8. The van der Waals surface area contributed by atoms with Crippen LogP contribution in [0, 0.1) is 0 Å². The molecule has 2 N–H and O–H groups in total. The number of nitrogens with one attached hydrogen (secondary N) is 1. The minimum Gasteiger partial charge on any atom is -0.493 e. The number of hydrogen-bond donors (Lipinski definition) is 2. The van der Waals surface area contributed by atoms with Crippen LogP contribution in [0.4, 0.5) is 0 Å². The summed E-state index contributed by atoms with van der Waals surface area (Å²) in [4.78, 5) is 25.3. The van der Waals surface area contributed by atoms with Gasteiger partial charge in [0.1, 0.15) is 6.10 Å². The molecule has 0 saturated carbocycles. The largest absolute Gasteiger partial charge is 0.493 e. The fraction of sp³-hybridized carbons (Fsp3) is 0.333. The van der Waals surface area contributed by atoms with E-state index >= 15 is 0 Å². The molecule has 156 valence electrons. The highest BCUT2D eigenvalue weighted by Crippen LogP contribution is 2.38. The highest BCUT2D eigenvalue weighted by Gasteiger charge is 2.32. The first-order valence-electron chi connectivity index (χ1n) is 8.97. The molecular weight excluding hydrogens is 378 g/mol. The molecule has 8 heteroatoms. The topological polar surface area (TPSA) is 103 Å². The van der Waals surface area contributed by atoms with E-state index in [4.69, 9.17) is 18.9 Å². The Morgan fingerprint density at radius 1 is 1.00 bits per heavy atom. The molecular formula is C21H25NO7. The second-order valence-electron chi connectivity index (χ2n) is 5.97.